The Morgan fingerprint density at radius 3 is 2.05 bits per heavy atom. The summed E-state index contributed by atoms with van der Waals surface area (Å²) in [4.78, 5) is 77.5. The molecule has 3 aliphatic rings. The number of hydrazine groups is 1. The Morgan fingerprint density at radius 2 is 1.54 bits per heavy atom. The standard InChI is InChI=1S/C50H60FN3O8.C7H16O.C5H10O.C2H6/c1-9-50(7,8)49(59)62-42-28-31(4)44(39-23-12-30(3)32(5)45(39)42)48(58)53(52)27-26-43(56)61-38-21-15-35(16-22-38)46-40(47(57)54(46)37-19-17-36(51)18-20-37)24-25-41(60-33(6)55)34-13-10-29(2)11-14-34;1-4-7(8)5-6(2)3;1-3-5(2)4-6;1-2/h10-23,30-32,40-42,45-46H,9,24-28,52H2,1-8H3;6-8H,4-5H2,1-3H3;4-5H,3H2,1-2H3;1-2H3. The molecule has 1 fully saturated rings. The summed E-state index contributed by atoms with van der Waals surface area (Å²) < 4.78 is 31.4. The first-order valence-electron chi connectivity index (χ1n) is 28.3. The summed E-state index contributed by atoms with van der Waals surface area (Å²) >= 11 is 0. The summed E-state index contributed by atoms with van der Waals surface area (Å²) in [6.45, 7) is 29.3. The largest absolute Gasteiger partial charge is 0.461 e. The van der Waals surface area contributed by atoms with Crippen molar-refractivity contribution in [2.45, 2.75) is 180 Å². The molecule has 10 unspecified atom stereocenters. The van der Waals surface area contributed by atoms with Gasteiger partial charge in [0, 0.05) is 36.6 Å². The zero-order valence-electron chi connectivity index (χ0n) is 49.3. The average molecular weight is 1080 g/mol. The molecule has 430 valence electrons. The van der Waals surface area contributed by atoms with Crippen LogP contribution in [0.25, 0.3) is 0 Å². The molecule has 0 bridgehead atoms. The number of carbonyl (C=O) groups is 6. The number of halogens is 1. The number of nitrogens with two attached hydrogens (primary N) is 1. The number of rotatable bonds is 20. The van der Waals surface area contributed by atoms with Gasteiger partial charge in [-0.1, -0.05) is 130 Å². The average Bonchev–Trinajstić information content (AvgIpc) is 3.43. The topological polar surface area (TPSA) is 183 Å². The van der Waals surface area contributed by atoms with Crippen molar-refractivity contribution >= 4 is 41.7 Å². The molecule has 2 aliphatic carbocycles. The van der Waals surface area contributed by atoms with Gasteiger partial charge in [-0.3, -0.25) is 29.0 Å². The number of benzene rings is 3. The van der Waals surface area contributed by atoms with E-state index >= 15 is 0 Å². The van der Waals surface area contributed by atoms with E-state index in [9.17, 15) is 33.2 Å². The number of allylic oxidation sites excluding steroid dienone is 2. The summed E-state index contributed by atoms with van der Waals surface area (Å²) in [6, 6.07) is 19.9. The summed E-state index contributed by atoms with van der Waals surface area (Å²) in [6.07, 6.45) is 8.60. The molecule has 14 heteroatoms. The van der Waals surface area contributed by atoms with Crippen molar-refractivity contribution in [2.75, 3.05) is 11.4 Å². The maximum atomic E-state index is 14.0. The number of hydrogen-bond acceptors (Lipinski definition) is 11. The smallest absolute Gasteiger partial charge is 0.313 e. The van der Waals surface area contributed by atoms with Gasteiger partial charge in [-0.2, -0.15) is 0 Å². The number of aldehydes is 1. The Balaban J connectivity index is 0.000000874. The molecular formula is C64H92FN3O10. The van der Waals surface area contributed by atoms with E-state index in [0.717, 1.165) is 52.8 Å². The van der Waals surface area contributed by atoms with Crippen molar-refractivity contribution < 1.29 is 52.5 Å². The van der Waals surface area contributed by atoms with E-state index in [0.29, 0.717) is 42.9 Å². The van der Waals surface area contributed by atoms with Gasteiger partial charge < -0.3 is 29.0 Å². The summed E-state index contributed by atoms with van der Waals surface area (Å²) in [5.74, 6) is 4.77. The molecule has 0 saturated carbocycles. The number of aryl methyl sites for hydroxylation is 1. The van der Waals surface area contributed by atoms with E-state index in [1.54, 1.807) is 41.3 Å². The predicted molar refractivity (Wildman–Crippen MR) is 306 cm³/mol. The fraction of sp³-hybridized carbons (Fsp3) is 0.562. The maximum absolute atomic E-state index is 14.0. The second-order valence-corrected chi connectivity index (χ2v) is 22.1. The predicted octanol–water partition coefficient (Wildman–Crippen LogP) is 13.1. The lowest BCUT2D eigenvalue weighted by atomic mass is 9.64. The highest BCUT2D eigenvalue weighted by Crippen LogP contribution is 2.48. The highest BCUT2D eigenvalue weighted by molar-refractivity contribution is 6.03. The Morgan fingerprint density at radius 1 is 0.923 bits per heavy atom. The third-order valence-electron chi connectivity index (χ3n) is 15.2. The molecule has 2 amide bonds. The minimum atomic E-state index is -0.624. The molecule has 0 aromatic heterocycles. The lowest BCUT2D eigenvalue weighted by Crippen LogP contribution is -2.55. The fourth-order valence-corrected chi connectivity index (χ4v) is 9.65. The van der Waals surface area contributed by atoms with Crippen LogP contribution in [-0.4, -0.2) is 64.9 Å². The van der Waals surface area contributed by atoms with E-state index < -0.39 is 41.2 Å². The second kappa shape index (κ2) is 31.6. The Labute approximate surface area is 465 Å². The number of fused-ring (bicyclic) bond motifs is 1. The summed E-state index contributed by atoms with van der Waals surface area (Å²) in [5.41, 5.74) is 3.99. The van der Waals surface area contributed by atoms with Crippen LogP contribution in [0.1, 0.15) is 177 Å². The monoisotopic (exact) mass is 1080 g/mol. The third-order valence-corrected chi connectivity index (χ3v) is 15.2. The summed E-state index contributed by atoms with van der Waals surface area (Å²) in [5, 5.41) is 10.1. The zero-order chi connectivity index (χ0) is 58.6. The van der Waals surface area contributed by atoms with Crippen molar-refractivity contribution in [3.63, 3.8) is 0 Å². The SMILES string of the molecule is CC.CCC(C)(C)C(=O)OC1CC(C)C(C(=O)N(N)CCC(=O)Oc2ccc(C3C(CCC(OC(C)=O)c4ccc(C)cc4)C(=O)N3c3ccc(F)cc3)cc2)=C2C=CC(C)C(C)C21.CCC(C)C=O.CCC(O)CC(C)C. The molecule has 3 N–H and O–H groups in total. The number of anilines is 1. The Hall–Kier alpha value is -5.99. The van der Waals surface area contributed by atoms with Gasteiger partial charge in [0.25, 0.3) is 5.91 Å². The maximum Gasteiger partial charge on any atom is 0.313 e. The Kier molecular flexibility index (Phi) is 26.8. The molecule has 1 heterocycles. The van der Waals surface area contributed by atoms with Gasteiger partial charge in [0.2, 0.25) is 5.91 Å². The number of ether oxygens (including phenoxy) is 3. The molecule has 3 aromatic carbocycles. The van der Waals surface area contributed by atoms with Gasteiger partial charge >= 0.3 is 17.9 Å². The number of aliphatic hydroxyl groups excluding tert-OH is 1. The van der Waals surface area contributed by atoms with Crippen molar-refractivity contribution in [1.29, 1.82) is 0 Å². The van der Waals surface area contributed by atoms with Crippen LogP contribution in [0.4, 0.5) is 10.1 Å². The molecule has 6 rings (SSSR count). The molecule has 1 saturated heterocycles. The zero-order valence-corrected chi connectivity index (χ0v) is 49.3. The number of aliphatic hydroxyl groups is 1. The van der Waals surface area contributed by atoms with Crippen LogP contribution in [0, 0.1) is 59.6 Å². The first kappa shape index (κ1) is 66.3. The van der Waals surface area contributed by atoms with E-state index in [2.05, 4.69) is 33.8 Å². The Bertz CT molecular complexity index is 2470. The van der Waals surface area contributed by atoms with Crippen molar-refractivity contribution in [2.24, 2.45) is 52.7 Å². The van der Waals surface area contributed by atoms with Gasteiger partial charge in [0.1, 0.15) is 30.1 Å². The highest BCUT2D eigenvalue weighted by Gasteiger charge is 2.49. The van der Waals surface area contributed by atoms with E-state index in [4.69, 9.17) is 25.2 Å². The third kappa shape index (κ3) is 18.6. The summed E-state index contributed by atoms with van der Waals surface area (Å²) in [7, 11) is 0. The minimum absolute atomic E-state index is 0.0741. The number of β-lactam (4-membered cyclic amide) rings is 1. The van der Waals surface area contributed by atoms with Crippen LogP contribution < -0.4 is 15.5 Å². The number of hydrogen-bond donors (Lipinski definition) is 2. The lowest BCUT2D eigenvalue weighted by Gasteiger charge is -2.48. The molecule has 3 aromatic rings. The normalized spacial score (nSPS) is 21.6. The molecule has 13 nitrogen and oxygen atoms in total. The first-order chi connectivity index (χ1) is 36.9. The second-order valence-electron chi connectivity index (χ2n) is 22.1. The molecule has 10 atom stereocenters. The van der Waals surface area contributed by atoms with Crippen molar-refractivity contribution in [3.05, 3.63) is 119 Å². The molecule has 0 spiro atoms. The van der Waals surface area contributed by atoms with Gasteiger partial charge in [0.15, 0.2) is 0 Å². The molecular weight excluding hydrogens is 990 g/mol. The van der Waals surface area contributed by atoms with E-state index in [1.807, 2.05) is 99.6 Å². The molecule has 1 aliphatic heterocycles. The van der Waals surface area contributed by atoms with Crippen LogP contribution in [0.3, 0.4) is 0 Å². The van der Waals surface area contributed by atoms with Crippen LogP contribution in [0.15, 0.2) is 96.1 Å². The van der Waals surface area contributed by atoms with Crippen molar-refractivity contribution in [3.8, 4) is 5.75 Å². The molecule has 0 radical (unpaired) electrons. The minimum Gasteiger partial charge on any atom is -0.461 e. The fourth-order valence-electron chi connectivity index (χ4n) is 9.65. The van der Waals surface area contributed by atoms with Gasteiger partial charge in [-0.25, -0.2) is 10.2 Å². The number of carbonyl (C=O) groups excluding carboxylic acids is 6. The van der Waals surface area contributed by atoms with E-state index in [-0.39, 0.29) is 78.3 Å². The van der Waals surface area contributed by atoms with Gasteiger partial charge in [-0.05, 0) is 142 Å². The van der Waals surface area contributed by atoms with E-state index in [1.165, 1.54) is 19.1 Å². The quantitative estimate of drug-likeness (QED) is 0.0209. The molecule has 78 heavy (non-hydrogen) atoms. The highest BCUT2D eigenvalue weighted by atomic mass is 19.1. The first-order valence-corrected chi connectivity index (χ1v) is 28.3. The van der Waals surface area contributed by atoms with Crippen LogP contribution in [0.5, 0.6) is 5.75 Å². The van der Waals surface area contributed by atoms with Crippen LogP contribution >= 0.6 is 0 Å². The van der Waals surface area contributed by atoms with Crippen LogP contribution in [0.2, 0.25) is 0 Å². The van der Waals surface area contributed by atoms with Gasteiger partial charge in [-0.15, -0.1) is 0 Å². The number of amides is 2. The van der Waals surface area contributed by atoms with Crippen LogP contribution in [-0.2, 0) is 38.2 Å². The number of nitrogens with zero attached hydrogens (tertiary/aromatic N) is 2. The van der Waals surface area contributed by atoms with Crippen molar-refractivity contribution in [1.82, 2.24) is 5.01 Å². The van der Waals surface area contributed by atoms with Gasteiger partial charge in [0.05, 0.1) is 29.9 Å². The number of esters is 3. The lowest BCUT2D eigenvalue weighted by molar-refractivity contribution is -0.164.